The summed E-state index contributed by atoms with van der Waals surface area (Å²) < 4.78 is 0. The molecule has 3 nitrogen and oxygen atoms in total. The van der Waals surface area contributed by atoms with Crippen molar-refractivity contribution < 1.29 is 4.79 Å². The van der Waals surface area contributed by atoms with Crippen molar-refractivity contribution in [3.8, 4) is 0 Å². The highest BCUT2D eigenvalue weighted by Gasteiger charge is 2.26. The SMILES string of the molecule is CC1CNCC(NC(=O)C2CCCC2)C1. The van der Waals surface area contributed by atoms with Crippen molar-refractivity contribution in [2.45, 2.75) is 45.1 Å². The summed E-state index contributed by atoms with van der Waals surface area (Å²) in [5.74, 6) is 1.29. The predicted octanol–water partition coefficient (Wildman–Crippen LogP) is 1.29. The lowest BCUT2D eigenvalue weighted by Gasteiger charge is -2.29. The summed E-state index contributed by atoms with van der Waals surface area (Å²) in [5.41, 5.74) is 0. The molecule has 0 bridgehead atoms. The number of carbonyl (C=O) groups is 1. The van der Waals surface area contributed by atoms with Gasteiger partial charge in [0.1, 0.15) is 0 Å². The van der Waals surface area contributed by atoms with E-state index in [-0.39, 0.29) is 0 Å². The van der Waals surface area contributed by atoms with Crippen LogP contribution >= 0.6 is 0 Å². The first kappa shape index (κ1) is 10.9. The zero-order chi connectivity index (χ0) is 10.7. The van der Waals surface area contributed by atoms with Crippen molar-refractivity contribution in [2.24, 2.45) is 11.8 Å². The number of hydrogen-bond acceptors (Lipinski definition) is 2. The molecular weight excluding hydrogens is 188 g/mol. The molecule has 1 aliphatic heterocycles. The van der Waals surface area contributed by atoms with Crippen molar-refractivity contribution in [3.63, 3.8) is 0 Å². The van der Waals surface area contributed by atoms with Gasteiger partial charge in [0.15, 0.2) is 0 Å². The number of hydrogen-bond donors (Lipinski definition) is 2. The molecule has 0 radical (unpaired) electrons. The van der Waals surface area contributed by atoms with Gasteiger partial charge < -0.3 is 10.6 Å². The standard InChI is InChI=1S/C12H22N2O/c1-9-6-11(8-13-7-9)14-12(15)10-4-2-3-5-10/h9-11,13H,2-8H2,1H3,(H,14,15). The molecule has 1 saturated carbocycles. The molecule has 1 saturated heterocycles. The summed E-state index contributed by atoms with van der Waals surface area (Å²) in [5, 5.41) is 6.56. The van der Waals surface area contributed by atoms with Crippen molar-refractivity contribution in [1.82, 2.24) is 10.6 Å². The van der Waals surface area contributed by atoms with Crippen molar-refractivity contribution in [3.05, 3.63) is 0 Å². The summed E-state index contributed by atoms with van der Waals surface area (Å²) in [6, 6.07) is 0.363. The highest BCUT2D eigenvalue weighted by Crippen LogP contribution is 2.25. The molecule has 0 aromatic carbocycles. The van der Waals surface area contributed by atoms with Crippen molar-refractivity contribution >= 4 is 5.91 Å². The van der Waals surface area contributed by atoms with E-state index in [2.05, 4.69) is 17.6 Å². The Kier molecular flexibility index (Phi) is 3.62. The summed E-state index contributed by atoms with van der Waals surface area (Å²) in [6.07, 6.45) is 5.79. The minimum absolute atomic E-state index is 0.299. The van der Waals surface area contributed by atoms with Crippen LogP contribution in [0.25, 0.3) is 0 Å². The lowest BCUT2D eigenvalue weighted by Crippen LogP contribution is -2.49. The minimum Gasteiger partial charge on any atom is -0.352 e. The molecular formula is C12H22N2O. The third-order valence-electron chi connectivity index (χ3n) is 3.64. The van der Waals surface area contributed by atoms with Crippen LogP contribution in [0.3, 0.4) is 0 Å². The van der Waals surface area contributed by atoms with E-state index in [4.69, 9.17) is 0 Å². The van der Waals surface area contributed by atoms with E-state index in [1.165, 1.54) is 12.8 Å². The average Bonchev–Trinajstić information content (AvgIpc) is 2.70. The molecule has 0 aromatic heterocycles. The van der Waals surface area contributed by atoms with E-state index >= 15 is 0 Å². The first-order chi connectivity index (χ1) is 7.25. The number of carbonyl (C=O) groups excluding carboxylic acids is 1. The Balaban J connectivity index is 1.77. The van der Waals surface area contributed by atoms with Gasteiger partial charge in [-0.3, -0.25) is 4.79 Å². The van der Waals surface area contributed by atoms with Crippen LogP contribution < -0.4 is 10.6 Å². The second kappa shape index (κ2) is 4.97. The maximum atomic E-state index is 11.9. The Morgan fingerprint density at radius 3 is 2.67 bits per heavy atom. The van der Waals surface area contributed by atoms with Gasteiger partial charge >= 0.3 is 0 Å². The van der Waals surface area contributed by atoms with Crippen molar-refractivity contribution in [2.75, 3.05) is 13.1 Å². The molecule has 2 atom stereocenters. The number of amides is 1. The van der Waals surface area contributed by atoms with Gasteiger partial charge in [-0.2, -0.15) is 0 Å². The maximum Gasteiger partial charge on any atom is 0.223 e. The van der Waals surface area contributed by atoms with Gasteiger partial charge in [-0.1, -0.05) is 19.8 Å². The Labute approximate surface area is 92.0 Å². The van der Waals surface area contributed by atoms with Crippen molar-refractivity contribution in [1.29, 1.82) is 0 Å². The molecule has 3 heteroatoms. The molecule has 2 unspecified atom stereocenters. The van der Waals surface area contributed by atoms with E-state index in [1.54, 1.807) is 0 Å². The third kappa shape index (κ3) is 2.94. The third-order valence-corrected chi connectivity index (χ3v) is 3.64. The van der Waals surface area contributed by atoms with Crippen LogP contribution in [0.1, 0.15) is 39.0 Å². The zero-order valence-corrected chi connectivity index (χ0v) is 9.59. The van der Waals surface area contributed by atoms with Crippen LogP contribution in [0.15, 0.2) is 0 Å². The molecule has 1 heterocycles. The highest BCUT2D eigenvalue weighted by atomic mass is 16.1. The van der Waals surface area contributed by atoms with Gasteiger partial charge in [0.25, 0.3) is 0 Å². The lowest BCUT2D eigenvalue weighted by atomic mass is 9.97. The van der Waals surface area contributed by atoms with Crippen LogP contribution in [-0.2, 0) is 4.79 Å². The predicted molar refractivity (Wildman–Crippen MR) is 60.5 cm³/mol. The minimum atomic E-state index is 0.299. The van der Waals surface area contributed by atoms with E-state index in [0.717, 1.165) is 32.4 Å². The Hall–Kier alpha value is -0.570. The maximum absolute atomic E-state index is 11.9. The van der Waals surface area contributed by atoms with Crippen LogP contribution in [0.4, 0.5) is 0 Å². The quantitative estimate of drug-likeness (QED) is 0.721. The van der Waals surface area contributed by atoms with Gasteiger partial charge in [-0.15, -0.1) is 0 Å². The molecule has 2 rings (SSSR count). The summed E-state index contributed by atoms with van der Waals surface area (Å²) in [4.78, 5) is 11.9. The number of nitrogens with one attached hydrogen (secondary N) is 2. The zero-order valence-electron chi connectivity index (χ0n) is 9.59. The molecule has 1 aliphatic carbocycles. The van der Waals surface area contributed by atoms with Crippen LogP contribution in [0, 0.1) is 11.8 Å². The Morgan fingerprint density at radius 1 is 1.27 bits per heavy atom. The second-order valence-electron chi connectivity index (χ2n) is 5.19. The molecule has 0 aromatic rings. The largest absolute Gasteiger partial charge is 0.352 e. The fourth-order valence-corrected chi connectivity index (χ4v) is 2.77. The normalized spacial score (nSPS) is 32.9. The molecule has 15 heavy (non-hydrogen) atoms. The van der Waals surface area contributed by atoms with Crippen LogP contribution in [0.2, 0.25) is 0 Å². The number of rotatable bonds is 2. The Bertz CT molecular complexity index is 224. The molecule has 86 valence electrons. The molecule has 0 spiro atoms. The lowest BCUT2D eigenvalue weighted by molar-refractivity contribution is -0.125. The average molecular weight is 210 g/mol. The summed E-state index contributed by atoms with van der Waals surface area (Å²) in [6.45, 7) is 4.28. The van der Waals surface area contributed by atoms with Gasteiger partial charge in [-0.25, -0.2) is 0 Å². The first-order valence-corrected chi connectivity index (χ1v) is 6.27. The molecule has 2 fully saturated rings. The fourth-order valence-electron chi connectivity index (χ4n) is 2.77. The van der Waals surface area contributed by atoms with Gasteiger partial charge in [0.05, 0.1) is 0 Å². The van der Waals surface area contributed by atoms with E-state index in [1.807, 2.05) is 0 Å². The van der Waals surface area contributed by atoms with E-state index < -0.39 is 0 Å². The topological polar surface area (TPSA) is 41.1 Å². The smallest absolute Gasteiger partial charge is 0.223 e. The highest BCUT2D eigenvalue weighted by molar-refractivity contribution is 5.79. The monoisotopic (exact) mass is 210 g/mol. The Morgan fingerprint density at radius 2 is 2.00 bits per heavy atom. The van der Waals surface area contributed by atoms with Gasteiger partial charge in [0, 0.05) is 18.5 Å². The van der Waals surface area contributed by atoms with Crippen LogP contribution in [0.5, 0.6) is 0 Å². The van der Waals surface area contributed by atoms with Gasteiger partial charge in [0.2, 0.25) is 5.91 Å². The molecule has 1 amide bonds. The van der Waals surface area contributed by atoms with E-state index in [0.29, 0.717) is 23.8 Å². The second-order valence-corrected chi connectivity index (χ2v) is 5.19. The first-order valence-electron chi connectivity index (χ1n) is 6.27. The molecule has 2 aliphatic rings. The fraction of sp³-hybridized carbons (Fsp3) is 0.917. The summed E-state index contributed by atoms with van der Waals surface area (Å²) in [7, 11) is 0. The van der Waals surface area contributed by atoms with Crippen LogP contribution in [-0.4, -0.2) is 25.0 Å². The van der Waals surface area contributed by atoms with E-state index in [9.17, 15) is 4.79 Å². The number of piperidine rings is 1. The molecule has 2 N–H and O–H groups in total. The van der Waals surface area contributed by atoms with Gasteiger partial charge in [-0.05, 0) is 31.7 Å². The summed E-state index contributed by atoms with van der Waals surface area (Å²) >= 11 is 0.